The number of aromatic nitrogens is 3. The summed E-state index contributed by atoms with van der Waals surface area (Å²) in [6.07, 6.45) is 1.79. The van der Waals surface area contributed by atoms with E-state index < -0.39 is 0 Å². The van der Waals surface area contributed by atoms with Gasteiger partial charge in [-0.3, -0.25) is 9.36 Å². The first-order valence-corrected chi connectivity index (χ1v) is 12.7. The van der Waals surface area contributed by atoms with E-state index in [9.17, 15) is 4.79 Å². The van der Waals surface area contributed by atoms with Gasteiger partial charge in [0.25, 0.3) is 0 Å². The van der Waals surface area contributed by atoms with Gasteiger partial charge in [-0.1, -0.05) is 48.0 Å². The Balaban J connectivity index is 1.64. The first kappa shape index (κ1) is 24.1. The highest BCUT2D eigenvalue weighted by atomic mass is 35.5. The Hall–Kier alpha value is -3.66. The van der Waals surface area contributed by atoms with Crippen molar-refractivity contribution in [2.24, 2.45) is 0 Å². The number of morpholine rings is 1. The van der Waals surface area contributed by atoms with E-state index in [-0.39, 0.29) is 5.78 Å². The molecule has 1 aliphatic rings. The number of nitrogens with two attached hydrogens (primary N) is 1. The number of rotatable bonds is 8. The predicted molar refractivity (Wildman–Crippen MR) is 146 cm³/mol. The third kappa shape index (κ3) is 4.73. The smallest absolute Gasteiger partial charge is 0.227 e. The quantitative estimate of drug-likeness (QED) is 0.242. The second-order valence-corrected chi connectivity index (χ2v) is 9.66. The topological polar surface area (TPSA) is 98.3 Å². The molecule has 0 bridgehead atoms. The summed E-state index contributed by atoms with van der Waals surface area (Å²) in [6.45, 7) is 7.06. The Morgan fingerprint density at radius 1 is 1.14 bits per heavy atom. The van der Waals surface area contributed by atoms with Crippen molar-refractivity contribution in [3.63, 3.8) is 0 Å². The number of nitrogens with zero attached hydrogens (tertiary/aromatic N) is 4. The fourth-order valence-corrected chi connectivity index (χ4v) is 5.31. The van der Waals surface area contributed by atoms with Crippen LogP contribution in [0.3, 0.4) is 0 Å². The van der Waals surface area contributed by atoms with Crippen molar-refractivity contribution < 1.29 is 9.53 Å². The summed E-state index contributed by atoms with van der Waals surface area (Å²) in [6, 6.07) is 16.4. The molecule has 0 atom stereocenters. The van der Waals surface area contributed by atoms with E-state index in [0.29, 0.717) is 76.3 Å². The highest BCUT2D eigenvalue weighted by Crippen LogP contribution is 2.45. The van der Waals surface area contributed by atoms with E-state index in [0.717, 1.165) is 5.69 Å². The van der Waals surface area contributed by atoms with Crippen LogP contribution in [0.1, 0.15) is 15.2 Å². The Labute approximate surface area is 218 Å². The minimum absolute atomic E-state index is 0.147. The fraction of sp³-hybridized carbons (Fsp3) is 0.192. The lowest BCUT2D eigenvalue weighted by Gasteiger charge is -2.27. The molecule has 0 saturated carbocycles. The van der Waals surface area contributed by atoms with Gasteiger partial charge in [0.2, 0.25) is 11.7 Å². The van der Waals surface area contributed by atoms with E-state index in [1.807, 2.05) is 34.9 Å². The van der Waals surface area contributed by atoms with Crippen molar-refractivity contribution in [1.29, 1.82) is 0 Å². The molecule has 2 aromatic carbocycles. The first-order valence-electron chi connectivity index (χ1n) is 11.5. The van der Waals surface area contributed by atoms with Gasteiger partial charge in [0.05, 0.1) is 24.5 Å². The number of nitrogens with one attached hydrogen (secondary N) is 1. The zero-order valence-electron chi connectivity index (χ0n) is 19.5. The summed E-state index contributed by atoms with van der Waals surface area (Å²) in [5.41, 5.74) is 9.05. The summed E-state index contributed by atoms with van der Waals surface area (Å²) < 4.78 is 7.48. The summed E-state index contributed by atoms with van der Waals surface area (Å²) in [5, 5.41) is 13.8. The van der Waals surface area contributed by atoms with Crippen LogP contribution in [0.5, 0.6) is 0 Å². The van der Waals surface area contributed by atoms with Gasteiger partial charge >= 0.3 is 0 Å². The molecule has 1 fully saturated rings. The molecule has 0 unspecified atom stereocenters. The minimum atomic E-state index is -0.147. The van der Waals surface area contributed by atoms with Crippen LogP contribution in [0.25, 0.3) is 11.4 Å². The molecule has 36 heavy (non-hydrogen) atoms. The van der Waals surface area contributed by atoms with Gasteiger partial charge in [-0.05, 0) is 24.3 Å². The lowest BCUT2D eigenvalue weighted by molar-refractivity contribution is 0.104. The summed E-state index contributed by atoms with van der Waals surface area (Å²) in [5.74, 6) is 1.13. The lowest BCUT2D eigenvalue weighted by Crippen LogP contribution is -2.38. The number of anilines is 4. The van der Waals surface area contributed by atoms with Gasteiger partial charge in [0, 0.05) is 35.9 Å². The highest BCUT2D eigenvalue weighted by Gasteiger charge is 2.29. The number of ketones is 1. The number of ether oxygens (including phenoxy) is 1. The van der Waals surface area contributed by atoms with Crippen LogP contribution in [-0.2, 0) is 11.3 Å². The molecule has 0 aliphatic carbocycles. The maximum atomic E-state index is 13.4. The summed E-state index contributed by atoms with van der Waals surface area (Å²) in [4.78, 5) is 16.0. The molecule has 3 N–H and O–H groups in total. The average Bonchev–Trinajstić information content (AvgIpc) is 3.46. The number of hydrogen-bond donors (Lipinski definition) is 2. The maximum absolute atomic E-state index is 13.4. The average molecular weight is 521 g/mol. The number of allylic oxidation sites excluding steroid dienone is 1. The van der Waals surface area contributed by atoms with Gasteiger partial charge in [-0.25, -0.2) is 0 Å². The van der Waals surface area contributed by atoms with Gasteiger partial charge in [-0.2, -0.15) is 0 Å². The number of benzene rings is 2. The molecule has 0 amide bonds. The molecule has 0 radical (unpaired) electrons. The van der Waals surface area contributed by atoms with Gasteiger partial charge < -0.3 is 20.7 Å². The number of carbonyl (C=O) groups excluding carboxylic acids is 1. The van der Waals surface area contributed by atoms with Crippen LogP contribution in [0.15, 0.2) is 67.3 Å². The van der Waals surface area contributed by atoms with E-state index in [1.54, 1.807) is 30.3 Å². The maximum Gasteiger partial charge on any atom is 0.227 e. The van der Waals surface area contributed by atoms with E-state index in [2.05, 4.69) is 27.0 Å². The van der Waals surface area contributed by atoms with Crippen molar-refractivity contribution in [2.45, 2.75) is 6.54 Å². The molecule has 3 heterocycles. The van der Waals surface area contributed by atoms with Gasteiger partial charge in [-0.15, -0.1) is 28.1 Å². The van der Waals surface area contributed by atoms with Crippen molar-refractivity contribution in [3.8, 4) is 11.4 Å². The molecule has 4 aromatic rings. The Morgan fingerprint density at radius 2 is 1.86 bits per heavy atom. The number of halogens is 1. The molecule has 8 nitrogen and oxygen atoms in total. The normalized spacial score (nSPS) is 13.5. The molecule has 10 heteroatoms. The SMILES string of the molecule is C=CCn1c(-c2c(Nc3ccc(Cl)cc3)sc(C(=O)c3ccccc3)c2N)nnc1N1CCOCC1. The van der Waals surface area contributed by atoms with E-state index in [4.69, 9.17) is 22.1 Å². The monoisotopic (exact) mass is 520 g/mol. The van der Waals surface area contributed by atoms with Crippen molar-refractivity contribution >= 4 is 51.0 Å². The van der Waals surface area contributed by atoms with Crippen LogP contribution in [-0.4, -0.2) is 46.9 Å². The van der Waals surface area contributed by atoms with E-state index in [1.165, 1.54) is 11.3 Å². The zero-order valence-corrected chi connectivity index (χ0v) is 21.1. The number of thiophene rings is 1. The van der Waals surface area contributed by atoms with Crippen LogP contribution in [0, 0.1) is 0 Å². The van der Waals surface area contributed by atoms with Crippen molar-refractivity contribution in [3.05, 3.63) is 82.7 Å². The van der Waals surface area contributed by atoms with E-state index >= 15 is 0 Å². The van der Waals surface area contributed by atoms with Crippen LogP contribution in [0.4, 0.5) is 22.3 Å². The molecular weight excluding hydrogens is 496 g/mol. The molecular formula is C26H25ClN6O2S. The molecule has 1 saturated heterocycles. The third-order valence-electron chi connectivity index (χ3n) is 5.85. The van der Waals surface area contributed by atoms with Crippen molar-refractivity contribution in [1.82, 2.24) is 14.8 Å². The lowest BCUT2D eigenvalue weighted by atomic mass is 10.1. The molecule has 0 spiro atoms. The first-order chi connectivity index (χ1) is 17.6. The Bertz CT molecular complexity index is 1380. The van der Waals surface area contributed by atoms with Crippen LogP contribution < -0.4 is 16.0 Å². The summed E-state index contributed by atoms with van der Waals surface area (Å²) >= 11 is 7.37. The predicted octanol–water partition coefficient (Wildman–Crippen LogP) is 5.24. The molecule has 2 aromatic heterocycles. The second kappa shape index (κ2) is 10.5. The largest absolute Gasteiger partial charge is 0.397 e. The Kier molecular flexibility index (Phi) is 7.04. The van der Waals surface area contributed by atoms with Crippen molar-refractivity contribution in [2.75, 3.05) is 42.3 Å². The second-order valence-electron chi connectivity index (χ2n) is 8.20. The molecule has 1 aliphatic heterocycles. The number of carbonyl (C=O) groups is 1. The standard InChI is InChI=1S/C26H25ClN6O2S/c1-2-12-33-24(30-31-26(33)32-13-15-35-16-14-32)20-21(28)23(22(34)17-6-4-3-5-7-17)36-25(20)29-19-10-8-18(27)9-11-19/h2-11,29H,1,12-16,28H2. The number of hydrogen-bond acceptors (Lipinski definition) is 8. The third-order valence-corrected chi connectivity index (χ3v) is 7.22. The molecule has 184 valence electrons. The fourth-order valence-electron chi connectivity index (χ4n) is 4.08. The summed E-state index contributed by atoms with van der Waals surface area (Å²) in [7, 11) is 0. The minimum Gasteiger partial charge on any atom is -0.397 e. The number of nitrogen functional groups attached to an aromatic ring is 1. The highest BCUT2D eigenvalue weighted by molar-refractivity contribution is 7.19. The van der Waals surface area contributed by atoms with Gasteiger partial charge in [0.1, 0.15) is 9.88 Å². The van der Waals surface area contributed by atoms with Gasteiger partial charge in [0.15, 0.2) is 5.82 Å². The molecule has 5 rings (SSSR count). The van der Waals surface area contributed by atoms with Crippen LogP contribution in [0.2, 0.25) is 5.02 Å². The van der Waals surface area contributed by atoms with Crippen LogP contribution >= 0.6 is 22.9 Å². The zero-order chi connectivity index (χ0) is 25.1. The Morgan fingerprint density at radius 3 is 2.56 bits per heavy atom.